The molecule has 1 N–H and O–H groups in total. The van der Waals surface area contributed by atoms with Gasteiger partial charge in [0, 0.05) is 32.8 Å². The Hall–Kier alpha value is -1.13. The smallest absolute Gasteiger partial charge is 0.146 e. The maximum Gasteiger partial charge on any atom is 0.146 e. The number of ether oxygens (including phenoxy) is 1. The van der Waals surface area contributed by atoms with E-state index >= 15 is 0 Å². The largest absolute Gasteiger partial charge is 0.383 e. The average Bonchev–Trinajstić information content (AvgIpc) is 2.45. The van der Waals surface area contributed by atoms with E-state index in [2.05, 4.69) is 17.1 Å². The predicted molar refractivity (Wildman–Crippen MR) is 80.6 cm³/mol. The number of halogens is 1. The molecule has 0 spiro atoms. The first-order valence-electron chi connectivity index (χ1n) is 7.47. The number of benzene rings is 1. The molecule has 1 heterocycles. The first-order valence-corrected chi connectivity index (χ1v) is 7.47. The summed E-state index contributed by atoms with van der Waals surface area (Å²) < 4.78 is 19.3. The van der Waals surface area contributed by atoms with E-state index in [1.807, 2.05) is 6.07 Å². The van der Waals surface area contributed by atoms with Crippen molar-refractivity contribution in [3.8, 4) is 0 Å². The molecule has 1 aliphatic heterocycles. The SMILES string of the molecule is COCCNCc1cccc(F)c1N1CCCCC1C. The van der Waals surface area contributed by atoms with Crippen LogP contribution in [0.2, 0.25) is 0 Å². The molecule has 1 aromatic rings. The van der Waals surface area contributed by atoms with Crippen molar-refractivity contribution in [2.24, 2.45) is 0 Å². The monoisotopic (exact) mass is 280 g/mol. The van der Waals surface area contributed by atoms with Gasteiger partial charge in [-0.15, -0.1) is 0 Å². The van der Waals surface area contributed by atoms with E-state index in [1.165, 1.54) is 6.42 Å². The highest BCUT2D eigenvalue weighted by Gasteiger charge is 2.23. The molecular weight excluding hydrogens is 255 g/mol. The fourth-order valence-corrected chi connectivity index (χ4v) is 2.85. The molecule has 1 atom stereocenters. The van der Waals surface area contributed by atoms with Crippen LogP contribution >= 0.6 is 0 Å². The van der Waals surface area contributed by atoms with Gasteiger partial charge in [0.15, 0.2) is 0 Å². The summed E-state index contributed by atoms with van der Waals surface area (Å²) in [6.07, 6.45) is 3.54. The lowest BCUT2D eigenvalue weighted by Crippen LogP contribution is -2.39. The Morgan fingerprint density at radius 2 is 2.25 bits per heavy atom. The molecule has 2 rings (SSSR count). The quantitative estimate of drug-likeness (QED) is 0.811. The third kappa shape index (κ3) is 3.70. The second-order valence-electron chi connectivity index (χ2n) is 5.46. The zero-order valence-corrected chi connectivity index (χ0v) is 12.5. The Morgan fingerprint density at radius 3 is 3.00 bits per heavy atom. The van der Waals surface area contributed by atoms with E-state index in [9.17, 15) is 4.39 Å². The van der Waals surface area contributed by atoms with Crippen LogP contribution < -0.4 is 10.2 Å². The summed E-state index contributed by atoms with van der Waals surface area (Å²) in [6, 6.07) is 5.79. The molecule has 0 saturated carbocycles. The molecule has 1 saturated heterocycles. The number of hydrogen-bond donors (Lipinski definition) is 1. The standard InChI is InChI=1S/C16H25FN2O/c1-13-6-3-4-10-19(13)16-14(7-5-8-15(16)17)12-18-9-11-20-2/h5,7-8,13,18H,3-4,6,9-12H2,1-2H3. The molecule has 20 heavy (non-hydrogen) atoms. The van der Waals surface area contributed by atoms with Gasteiger partial charge in [-0.3, -0.25) is 0 Å². The maximum atomic E-state index is 14.3. The van der Waals surface area contributed by atoms with Crippen molar-refractivity contribution in [3.63, 3.8) is 0 Å². The van der Waals surface area contributed by atoms with Crippen molar-refractivity contribution in [1.82, 2.24) is 5.32 Å². The van der Waals surface area contributed by atoms with Crippen molar-refractivity contribution in [1.29, 1.82) is 0 Å². The summed E-state index contributed by atoms with van der Waals surface area (Å²) in [6.45, 7) is 5.27. The van der Waals surface area contributed by atoms with Crippen LogP contribution in [-0.2, 0) is 11.3 Å². The maximum absolute atomic E-state index is 14.3. The molecule has 0 radical (unpaired) electrons. The minimum absolute atomic E-state index is 0.107. The van der Waals surface area contributed by atoms with E-state index in [0.29, 0.717) is 19.2 Å². The van der Waals surface area contributed by atoms with Crippen molar-refractivity contribution in [2.45, 2.75) is 38.8 Å². The Balaban J connectivity index is 2.13. The zero-order chi connectivity index (χ0) is 14.4. The van der Waals surface area contributed by atoms with E-state index < -0.39 is 0 Å². The van der Waals surface area contributed by atoms with Gasteiger partial charge in [-0.1, -0.05) is 12.1 Å². The summed E-state index contributed by atoms with van der Waals surface area (Å²) in [5, 5.41) is 3.31. The molecular formula is C16H25FN2O. The van der Waals surface area contributed by atoms with Gasteiger partial charge in [-0.05, 0) is 37.8 Å². The van der Waals surface area contributed by atoms with E-state index in [-0.39, 0.29) is 5.82 Å². The van der Waals surface area contributed by atoms with Gasteiger partial charge in [0.05, 0.1) is 12.3 Å². The molecule has 1 unspecified atom stereocenters. The molecule has 4 heteroatoms. The second-order valence-corrected chi connectivity index (χ2v) is 5.46. The van der Waals surface area contributed by atoms with Gasteiger partial charge < -0.3 is 15.0 Å². The number of anilines is 1. The van der Waals surface area contributed by atoms with Crippen molar-refractivity contribution < 1.29 is 9.13 Å². The highest BCUT2D eigenvalue weighted by Crippen LogP contribution is 2.30. The fraction of sp³-hybridized carbons (Fsp3) is 0.625. The van der Waals surface area contributed by atoms with Crippen molar-refractivity contribution in [2.75, 3.05) is 31.7 Å². The molecule has 0 amide bonds. The van der Waals surface area contributed by atoms with E-state index in [4.69, 9.17) is 4.74 Å². The molecule has 1 aliphatic rings. The van der Waals surface area contributed by atoms with E-state index in [0.717, 1.165) is 37.2 Å². The molecule has 0 aromatic heterocycles. The summed E-state index contributed by atoms with van der Waals surface area (Å²) in [5.74, 6) is -0.107. The van der Waals surface area contributed by atoms with E-state index in [1.54, 1.807) is 19.2 Å². The van der Waals surface area contributed by atoms with Gasteiger partial charge in [-0.25, -0.2) is 4.39 Å². The summed E-state index contributed by atoms with van der Waals surface area (Å²) in [7, 11) is 1.69. The minimum atomic E-state index is -0.107. The first-order chi connectivity index (χ1) is 9.74. The Labute approximate surface area is 121 Å². The van der Waals surface area contributed by atoms with Crippen LogP contribution in [0.1, 0.15) is 31.7 Å². The number of nitrogens with zero attached hydrogens (tertiary/aromatic N) is 1. The summed E-state index contributed by atoms with van der Waals surface area (Å²) in [4.78, 5) is 2.23. The molecule has 0 bridgehead atoms. The fourth-order valence-electron chi connectivity index (χ4n) is 2.85. The zero-order valence-electron chi connectivity index (χ0n) is 12.5. The number of nitrogens with one attached hydrogen (secondary N) is 1. The lowest BCUT2D eigenvalue weighted by molar-refractivity contribution is 0.199. The molecule has 112 valence electrons. The number of para-hydroxylation sites is 1. The number of hydrogen-bond acceptors (Lipinski definition) is 3. The Bertz CT molecular complexity index is 425. The lowest BCUT2D eigenvalue weighted by atomic mass is 10.0. The van der Waals surface area contributed by atoms with Crippen LogP contribution in [0.4, 0.5) is 10.1 Å². The molecule has 3 nitrogen and oxygen atoms in total. The minimum Gasteiger partial charge on any atom is -0.383 e. The third-order valence-electron chi connectivity index (χ3n) is 3.96. The van der Waals surface area contributed by atoms with Gasteiger partial charge in [0.2, 0.25) is 0 Å². The van der Waals surface area contributed by atoms with Gasteiger partial charge in [0.1, 0.15) is 5.82 Å². The highest BCUT2D eigenvalue weighted by molar-refractivity contribution is 5.56. The molecule has 1 fully saturated rings. The normalized spacial score (nSPS) is 19.4. The summed E-state index contributed by atoms with van der Waals surface area (Å²) >= 11 is 0. The van der Waals surface area contributed by atoms with Crippen LogP contribution in [0.3, 0.4) is 0 Å². The second kappa shape index (κ2) is 7.60. The van der Waals surface area contributed by atoms with Gasteiger partial charge in [-0.2, -0.15) is 0 Å². The average molecular weight is 280 g/mol. The number of rotatable bonds is 6. The predicted octanol–water partition coefficient (Wildman–Crippen LogP) is 2.94. The Kier molecular flexibility index (Phi) is 5.80. The molecule has 0 aliphatic carbocycles. The van der Waals surface area contributed by atoms with Crippen LogP contribution in [0.5, 0.6) is 0 Å². The topological polar surface area (TPSA) is 24.5 Å². The van der Waals surface area contributed by atoms with Crippen molar-refractivity contribution in [3.05, 3.63) is 29.6 Å². The first kappa shape index (κ1) is 15.3. The molecule has 1 aromatic carbocycles. The lowest BCUT2D eigenvalue weighted by Gasteiger charge is -2.37. The van der Waals surface area contributed by atoms with Crippen molar-refractivity contribution >= 4 is 5.69 Å². The number of methoxy groups -OCH3 is 1. The van der Waals surface area contributed by atoms with Crippen LogP contribution in [0.25, 0.3) is 0 Å². The summed E-state index contributed by atoms with van der Waals surface area (Å²) in [5.41, 5.74) is 1.82. The van der Waals surface area contributed by atoms with Gasteiger partial charge in [0.25, 0.3) is 0 Å². The van der Waals surface area contributed by atoms with Crippen LogP contribution in [0, 0.1) is 5.82 Å². The Morgan fingerprint density at radius 1 is 1.40 bits per heavy atom. The van der Waals surface area contributed by atoms with Crippen LogP contribution in [0.15, 0.2) is 18.2 Å². The highest BCUT2D eigenvalue weighted by atomic mass is 19.1. The van der Waals surface area contributed by atoms with Crippen LogP contribution in [-0.4, -0.2) is 32.8 Å². The van der Waals surface area contributed by atoms with Gasteiger partial charge >= 0.3 is 0 Å². The number of piperidine rings is 1. The third-order valence-corrected chi connectivity index (χ3v) is 3.96.